The van der Waals surface area contributed by atoms with Crippen LogP contribution in [0.1, 0.15) is 62.0 Å². The molecule has 15 nitrogen and oxygen atoms in total. The number of hydrogen-bond acceptors (Lipinski definition) is 9. The smallest absolute Gasteiger partial charge is 0.247 e. The minimum atomic E-state index is -1.21. The molecule has 74 heavy (non-hydrogen) atoms. The monoisotopic (exact) mass is 1050 g/mol. The molecule has 2 fully saturated rings. The highest BCUT2D eigenvalue weighted by atomic mass is 35.5. The highest BCUT2D eigenvalue weighted by Gasteiger charge is 2.36. The van der Waals surface area contributed by atoms with Crippen molar-refractivity contribution < 1.29 is 37.8 Å². The molecule has 1 aromatic heterocycles. The van der Waals surface area contributed by atoms with Crippen molar-refractivity contribution >= 4 is 52.7 Å². The largest absolute Gasteiger partial charge is 0.457 e. The number of carbonyl (C=O) groups is 5. The zero-order valence-electron chi connectivity index (χ0n) is 42.8. The predicted molar refractivity (Wildman–Crippen MR) is 283 cm³/mol. The number of nitrogens with zero attached hydrogens (tertiary/aromatic N) is 6. The van der Waals surface area contributed by atoms with Crippen LogP contribution in [0.3, 0.4) is 0 Å². The van der Waals surface area contributed by atoms with Crippen molar-refractivity contribution in [2.75, 3.05) is 54.1 Å². The van der Waals surface area contributed by atoms with Crippen LogP contribution >= 0.6 is 23.2 Å². The minimum absolute atomic E-state index is 0.0836. The van der Waals surface area contributed by atoms with E-state index in [1.165, 1.54) is 16.9 Å². The van der Waals surface area contributed by atoms with Crippen LogP contribution in [0.2, 0.25) is 10.0 Å². The first-order chi connectivity index (χ1) is 35.6. The van der Waals surface area contributed by atoms with Gasteiger partial charge < -0.3 is 39.4 Å². The Balaban J connectivity index is 1.21. The summed E-state index contributed by atoms with van der Waals surface area (Å²) < 4.78 is 27.8. The third-order valence-corrected chi connectivity index (χ3v) is 14.6. The van der Waals surface area contributed by atoms with Gasteiger partial charge in [0.05, 0.1) is 44.0 Å². The Bertz CT molecular complexity index is 2700. The van der Waals surface area contributed by atoms with E-state index >= 15 is 4.79 Å². The number of rotatable bonds is 15. The first-order valence-electron chi connectivity index (χ1n) is 25.2. The van der Waals surface area contributed by atoms with Gasteiger partial charge in [-0.1, -0.05) is 71.7 Å². The summed E-state index contributed by atoms with van der Waals surface area (Å²) >= 11 is 12.8. The van der Waals surface area contributed by atoms with E-state index in [1.54, 1.807) is 74.6 Å². The first-order valence-corrected chi connectivity index (χ1v) is 25.9. The van der Waals surface area contributed by atoms with E-state index in [0.29, 0.717) is 33.7 Å². The second-order valence-corrected chi connectivity index (χ2v) is 20.2. The normalized spacial score (nSPS) is 21.1. The number of nitrogens with one attached hydrogen (secondary N) is 2. The molecule has 0 spiro atoms. The Kier molecular flexibility index (Phi) is 19.7. The van der Waals surface area contributed by atoms with Gasteiger partial charge in [0.25, 0.3) is 0 Å². The van der Waals surface area contributed by atoms with E-state index in [9.17, 15) is 23.6 Å². The number of methoxy groups -OCH3 is 1. The molecule has 5 atom stereocenters. The number of imidazole rings is 1. The lowest BCUT2D eigenvalue weighted by Crippen LogP contribution is -2.57. The van der Waals surface area contributed by atoms with E-state index in [4.69, 9.17) is 32.7 Å². The fraction of sp³-hybridized carbons (Fsp3) is 0.429. The van der Waals surface area contributed by atoms with Crippen LogP contribution in [0.25, 0.3) is 11.3 Å². The number of alkyl halides is 1. The number of likely N-dealkylation sites (N-methyl/N-ethyl adjacent to an activating group) is 2. The van der Waals surface area contributed by atoms with Gasteiger partial charge in [-0.3, -0.25) is 28.9 Å². The molecule has 0 radical (unpaired) electrons. The third kappa shape index (κ3) is 14.5. The highest BCUT2D eigenvalue weighted by Crippen LogP contribution is 2.33. The SMILES string of the molecule is COC[C@@H]1NC(=O)[C@H](C)N(Cc2ccc(Cl)cc2Oc2ccc(-c3cnc(CN4CCCC4)n3CCF)cc2)C(=O)C[C@@H](Cc2ccccc2)C(=O)N(C)[C@@H](C)CNC(=O)C[C@H](Cc2ccc(Cl)cc2)N(C)C1=O. The number of ether oxygens (including phenoxy) is 2. The van der Waals surface area contributed by atoms with E-state index < -0.39 is 54.5 Å². The average molecular weight is 1050 g/mol. The Morgan fingerprint density at radius 2 is 1.47 bits per heavy atom. The van der Waals surface area contributed by atoms with Crippen molar-refractivity contribution in [3.8, 4) is 22.8 Å². The molecular formula is C56H67Cl2FN8O7. The molecule has 2 aliphatic rings. The summed E-state index contributed by atoms with van der Waals surface area (Å²) in [5, 5.41) is 6.71. The molecule has 5 amide bonds. The summed E-state index contributed by atoms with van der Waals surface area (Å²) in [6.45, 7) is 5.39. The fourth-order valence-electron chi connectivity index (χ4n) is 9.55. The van der Waals surface area contributed by atoms with Gasteiger partial charge in [-0.25, -0.2) is 9.37 Å². The van der Waals surface area contributed by atoms with Crippen LogP contribution < -0.4 is 15.4 Å². The van der Waals surface area contributed by atoms with Gasteiger partial charge in [-0.05, 0) is 112 Å². The number of likely N-dealkylation sites (tertiary alicyclic amines) is 1. The van der Waals surface area contributed by atoms with Crippen molar-refractivity contribution in [1.82, 2.24) is 39.8 Å². The quantitative estimate of drug-likeness (QED) is 0.107. The van der Waals surface area contributed by atoms with Crippen LogP contribution in [-0.2, 0) is 61.2 Å². The lowest BCUT2D eigenvalue weighted by Gasteiger charge is -2.35. The van der Waals surface area contributed by atoms with Crippen LogP contribution in [0.4, 0.5) is 4.39 Å². The molecule has 7 rings (SSSR count). The maximum atomic E-state index is 15.1. The van der Waals surface area contributed by atoms with Crippen LogP contribution in [0.5, 0.6) is 11.5 Å². The Labute approximate surface area is 443 Å². The number of amides is 5. The summed E-state index contributed by atoms with van der Waals surface area (Å²) in [4.78, 5) is 83.9. The number of hydrogen-bond donors (Lipinski definition) is 2. The number of halogens is 3. The van der Waals surface area contributed by atoms with Gasteiger partial charge in [-0.15, -0.1) is 0 Å². The first kappa shape index (κ1) is 55.4. The van der Waals surface area contributed by atoms with Crippen LogP contribution in [-0.4, -0.2) is 137 Å². The zero-order valence-corrected chi connectivity index (χ0v) is 44.3. The molecule has 3 heterocycles. The molecule has 2 saturated heterocycles. The molecular weight excluding hydrogens is 987 g/mol. The van der Waals surface area contributed by atoms with Crippen molar-refractivity contribution in [2.45, 2.75) is 96.2 Å². The fourth-order valence-corrected chi connectivity index (χ4v) is 9.84. The maximum Gasteiger partial charge on any atom is 0.247 e. The van der Waals surface area contributed by atoms with Crippen LogP contribution in [0.15, 0.2) is 103 Å². The molecule has 0 unspecified atom stereocenters. The molecule has 0 aliphatic carbocycles. The van der Waals surface area contributed by atoms with Gasteiger partial charge >= 0.3 is 0 Å². The lowest BCUT2D eigenvalue weighted by atomic mass is 9.93. The molecule has 394 valence electrons. The second kappa shape index (κ2) is 26.2. The van der Waals surface area contributed by atoms with Crippen molar-refractivity contribution in [3.63, 3.8) is 0 Å². The maximum absolute atomic E-state index is 15.1. The summed E-state index contributed by atoms with van der Waals surface area (Å²) in [7, 11) is 4.64. The topological polar surface area (TPSA) is 159 Å². The van der Waals surface area contributed by atoms with Crippen LogP contribution in [0, 0.1) is 5.92 Å². The Morgan fingerprint density at radius 3 is 2.16 bits per heavy atom. The Morgan fingerprint density at radius 1 is 0.784 bits per heavy atom. The molecule has 2 aliphatic heterocycles. The molecule has 0 bridgehead atoms. The summed E-state index contributed by atoms with van der Waals surface area (Å²) in [6.07, 6.45) is 4.18. The summed E-state index contributed by atoms with van der Waals surface area (Å²) in [6, 6.07) is 25.3. The molecule has 18 heteroatoms. The number of carbonyl (C=O) groups excluding carboxylic acids is 5. The lowest BCUT2D eigenvalue weighted by molar-refractivity contribution is -0.147. The van der Waals surface area contributed by atoms with E-state index in [0.717, 1.165) is 54.1 Å². The molecule has 0 saturated carbocycles. The summed E-state index contributed by atoms with van der Waals surface area (Å²) in [5.41, 5.74) is 3.77. The van der Waals surface area contributed by atoms with E-state index in [1.807, 2.05) is 66.1 Å². The predicted octanol–water partition coefficient (Wildman–Crippen LogP) is 7.75. The molecule has 5 aromatic rings. The second-order valence-electron chi connectivity index (χ2n) is 19.3. The highest BCUT2D eigenvalue weighted by molar-refractivity contribution is 6.31. The minimum Gasteiger partial charge on any atom is -0.457 e. The van der Waals surface area contributed by atoms with Gasteiger partial charge in [-0.2, -0.15) is 0 Å². The van der Waals surface area contributed by atoms with Gasteiger partial charge in [0.2, 0.25) is 29.5 Å². The summed E-state index contributed by atoms with van der Waals surface area (Å²) in [5.74, 6) is -1.63. The molecule has 2 N–H and O–H groups in total. The number of benzene rings is 4. The van der Waals surface area contributed by atoms with E-state index in [-0.39, 0.29) is 63.7 Å². The molecule has 4 aromatic carbocycles. The number of aromatic nitrogens is 2. The average Bonchev–Trinajstić information content (AvgIpc) is 4.07. The zero-order chi connectivity index (χ0) is 52.9. The van der Waals surface area contributed by atoms with Gasteiger partial charge in [0.15, 0.2) is 0 Å². The van der Waals surface area contributed by atoms with Gasteiger partial charge in [0, 0.05) is 73.8 Å². The van der Waals surface area contributed by atoms with Crippen molar-refractivity contribution in [1.29, 1.82) is 0 Å². The van der Waals surface area contributed by atoms with Crippen molar-refractivity contribution in [2.24, 2.45) is 5.92 Å². The van der Waals surface area contributed by atoms with E-state index in [2.05, 4.69) is 20.5 Å². The van der Waals surface area contributed by atoms with Gasteiger partial charge in [0.1, 0.15) is 36.1 Å². The van der Waals surface area contributed by atoms with Crippen molar-refractivity contribution in [3.05, 3.63) is 136 Å². The Hall–Kier alpha value is -6.33. The third-order valence-electron chi connectivity index (χ3n) is 14.1. The standard InChI is InChI=1S/C56H67Cl2FN8O7/c1-37-32-61-52(68)31-46(28-40-13-18-44(57)19-14-40)64(4)56(72)48(36-73-5)62-54(70)38(2)67(53(69)29-43(55(71)63(37)3)27-39-11-7-6-8-12-39)34-42-15-20-45(58)30-50(42)74-47-21-16-41(17-22-47)49-33-60-51(66(49)26-23-59)35-65-24-9-10-25-65/h6-8,11-22,30,33,37-38,43,46,48H,9-10,23-29,31-32,34-36H2,1-5H3,(H,61,68)(H,62,70)/t37-,38-,43+,46-,48-/m0/s1.